The van der Waals surface area contributed by atoms with Crippen LogP contribution >= 0.6 is 11.8 Å². The molecule has 2 atom stereocenters. The van der Waals surface area contributed by atoms with Gasteiger partial charge in [0.25, 0.3) is 0 Å². The van der Waals surface area contributed by atoms with Gasteiger partial charge < -0.3 is 9.47 Å². The van der Waals surface area contributed by atoms with Gasteiger partial charge in [-0.25, -0.2) is 9.37 Å². The maximum atomic E-state index is 13.9. The van der Waals surface area contributed by atoms with Crippen molar-refractivity contribution in [3.05, 3.63) is 53.5 Å². The second-order valence-corrected chi connectivity index (χ2v) is 8.31. The number of aromatic nitrogens is 1. The van der Waals surface area contributed by atoms with Crippen LogP contribution in [0.3, 0.4) is 0 Å². The number of alkyl halides is 3. The third kappa shape index (κ3) is 4.73. The average molecular weight is 401 g/mol. The lowest BCUT2D eigenvalue weighted by Gasteiger charge is -2.38. The molecule has 0 spiro atoms. The molecule has 1 aliphatic rings. The molecule has 8 heteroatoms. The molecule has 0 bridgehead atoms. The van der Waals surface area contributed by atoms with Crippen LogP contribution in [0.1, 0.15) is 37.0 Å². The van der Waals surface area contributed by atoms with Crippen LogP contribution in [0.15, 0.2) is 41.4 Å². The normalized spacial score (nSPS) is 23.3. The van der Waals surface area contributed by atoms with Crippen LogP contribution in [-0.4, -0.2) is 23.4 Å². The summed E-state index contributed by atoms with van der Waals surface area (Å²) in [5.74, 6) is -0.660. The van der Waals surface area contributed by atoms with Crippen LogP contribution in [0.2, 0.25) is 0 Å². The van der Waals surface area contributed by atoms with Crippen molar-refractivity contribution < 1.29 is 27.0 Å². The Kier molecular flexibility index (Phi) is 5.67. The third-order valence-corrected chi connectivity index (χ3v) is 5.84. The maximum Gasteiger partial charge on any atom is 0.416 e. The molecule has 146 valence electrons. The molecule has 1 fully saturated rings. The fraction of sp³-hybridized carbons (Fsp3) is 0.421. The van der Waals surface area contributed by atoms with E-state index in [4.69, 9.17) is 9.47 Å². The van der Waals surface area contributed by atoms with Crippen molar-refractivity contribution in [2.45, 2.75) is 41.7 Å². The predicted molar refractivity (Wildman–Crippen MR) is 94.4 cm³/mol. The number of pyridine rings is 1. The number of hydrogen-bond acceptors (Lipinski definition) is 4. The summed E-state index contributed by atoms with van der Waals surface area (Å²) in [5.41, 5.74) is -0.0787. The average Bonchev–Trinajstić information content (AvgIpc) is 2.61. The Morgan fingerprint density at radius 1 is 1.30 bits per heavy atom. The van der Waals surface area contributed by atoms with E-state index in [1.54, 1.807) is 6.07 Å². The summed E-state index contributed by atoms with van der Waals surface area (Å²) in [7, 11) is 1.34. The molecule has 0 amide bonds. The van der Waals surface area contributed by atoms with E-state index in [0.29, 0.717) is 29.9 Å². The lowest BCUT2D eigenvalue weighted by Crippen LogP contribution is -2.32. The number of hydrogen-bond donors (Lipinski definition) is 0. The highest BCUT2D eigenvalue weighted by Gasteiger charge is 2.36. The molecule has 27 heavy (non-hydrogen) atoms. The standard InChI is InChI=1S/C19H19F4NO2S/c1-18(27-14-5-3-4-13(9-14)19(21,22)23)6-7-26-16(10-18)12-8-15(20)17(25-2)24-11-12/h3-5,8-9,11,16H,6-7,10H2,1-2H3. The van der Waals surface area contributed by atoms with Gasteiger partial charge in [0.1, 0.15) is 0 Å². The second kappa shape index (κ2) is 7.67. The number of halogens is 4. The molecule has 0 aliphatic carbocycles. The van der Waals surface area contributed by atoms with Gasteiger partial charge in [0, 0.05) is 28.0 Å². The summed E-state index contributed by atoms with van der Waals surface area (Å²) in [6.45, 7) is 2.42. The van der Waals surface area contributed by atoms with Crippen molar-refractivity contribution in [3.63, 3.8) is 0 Å². The summed E-state index contributed by atoms with van der Waals surface area (Å²) >= 11 is 1.39. The minimum atomic E-state index is -4.37. The molecule has 1 aliphatic heterocycles. The number of thioether (sulfide) groups is 1. The van der Waals surface area contributed by atoms with Gasteiger partial charge in [-0.3, -0.25) is 0 Å². The highest BCUT2D eigenvalue weighted by molar-refractivity contribution is 8.00. The Morgan fingerprint density at radius 3 is 2.74 bits per heavy atom. The van der Waals surface area contributed by atoms with E-state index in [9.17, 15) is 17.6 Å². The van der Waals surface area contributed by atoms with Gasteiger partial charge in [-0.15, -0.1) is 11.8 Å². The van der Waals surface area contributed by atoms with Crippen molar-refractivity contribution >= 4 is 11.8 Å². The predicted octanol–water partition coefficient (Wildman–Crippen LogP) is 5.65. The Balaban J connectivity index is 1.77. The molecule has 0 radical (unpaired) electrons. The molecule has 2 unspecified atom stereocenters. The van der Waals surface area contributed by atoms with E-state index in [1.807, 2.05) is 6.92 Å². The molecular formula is C19H19F4NO2S. The third-order valence-electron chi connectivity index (χ3n) is 4.49. The number of rotatable bonds is 4. The Hall–Kier alpha value is -1.80. The van der Waals surface area contributed by atoms with E-state index < -0.39 is 17.6 Å². The topological polar surface area (TPSA) is 31.4 Å². The van der Waals surface area contributed by atoms with Crippen LogP contribution in [0, 0.1) is 5.82 Å². The Bertz CT molecular complexity index is 815. The van der Waals surface area contributed by atoms with Crippen molar-refractivity contribution in [1.82, 2.24) is 4.98 Å². The number of nitrogens with zero attached hydrogens (tertiary/aromatic N) is 1. The highest BCUT2D eigenvalue weighted by Crippen LogP contribution is 2.46. The first-order chi connectivity index (χ1) is 12.7. The van der Waals surface area contributed by atoms with Crippen LogP contribution in [0.25, 0.3) is 0 Å². The van der Waals surface area contributed by atoms with E-state index in [-0.39, 0.29) is 16.7 Å². The molecule has 1 aromatic carbocycles. The molecule has 3 nitrogen and oxygen atoms in total. The van der Waals surface area contributed by atoms with Gasteiger partial charge in [0.15, 0.2) is 5.82 Å². The minimum absolute atomic E-state index is 0.0874. The van der Waals surface area contributed by atoms with Crippen LogP contribution in [-0.2, 0) is 10.9 Å². The van der Waals surface area contributed by atoms with E-state index in [2.05, 4.69) is 4.98 Å². The first-order valence-electron chi connectivity index (χ1n) is 8.37. The van der Waals surface area contributed by atoms with E-state index >= 15 is 0 Å². The Morgan fingerprint density at radius 2 is 2.07 bits per heavy atom. The smallest absolute Gasteiger partial charge is 0.416 e. The fourth-order valence-electron chi connectivity index (χ4n) is 3.06. The molecular weight excluding hydrogens is 382 g/mol. The van der Waals surface area contributed by atoms with Crippen molar-refractivity contribution in [1.29, 1.82) is 0 Å². The monoisotopic (exact) mass is 401 g/mol. The maximum absolute atomic E-state index is 13.9. The number of methoxy groups -OCH3 is 1. The largest absolute Gasteiger partial charge is 0.479 e. The molecule has 1 aromatic heterocycles. The first-order valence-corrected chi connectivity index (χ1v) is 9.19. The zero-order valence-corrected chi connectivity index (χ0v) is 15.7. The van der Waals surface area contributed by atoms with Gasteiger partial charge in [0.05, 0.1) is 18.8 Å². The first kappa shape index (κ1) is 19.9. The van der Waals surface area contributed by atoms with Crippen molar-refractivity contribution in [2.75, 3.05) is 13.7 Å². The minimum Gasteiger partial charge on any atom is -0.479 e. The molecule has 1 saturated heterocycles. The summed E-state index contributed by atoms with van der Waals surface area (Å²) in [6, 6.07) is 6.63. The van der Waals surface area contributed by atoms with E-state index in [0.717, 1.165) is 12.1 Å². The SMILES string of the molecule is COc1ncc(C2CC(C)(Sc3cccc(C(F)(F)F)c3)CCO2)cc1F. The molecule has 0 saturated carbocycles. The number of ether oxygens (including phenoxy) is 2. The lowest BCUT2D eigenvalue weighted by molar-refractivity contribution is -0.137. The summed E-state index contributed by atoms with van der Waals surface area (Å²) in [4.78, 5) is 4.48. The molecule has 3 rings (SSSR count). The van der Waals surface area contributed by atoms with Crippen LogP contribution in [0.4, 0.5) is 17.6 Å². The zero-order valence-electron chi connectivity index (χ0n) is 14.8. The fourth-order valence-corrected chi connectivity index (χ4v) is 4.39. The summed E-state index contributed by atoms with van der Waals surface area (Å²) in [6.07, 6.45) is -2.04. The molecule has 2 aromatic rings. The van der Waals surface area contributed by atoms with Gasteiger partial charge in [-0.05, 0) is 44.0 Å². The second-order valence-electron chi connectivity index (χ2n) is 6.65. The van der Waals surface area contributed by atoms with Crippen molar-refractivity contribution in [2.24, 2.45) is 0 Å². The highest BCUT2D eigenvalue weighted by atomic mass is 32.2. The van der Waals surface area contributed by atoms with Gasteiger partial charge in [-0.2, -0.15) is 13.2 Å². The van der Waals surface area contributed by atoms with Gasteiger partial charge >= 0.3 is 6.18 Å². The number of benzene rings is 1. The lowest BCUT2D eigenvalue weighted by atomic mass is 9.93. The van der Waals surface area contributed by atoms with Gasteiger partial charge in [-0.1, -0.05) is 6.07 Å². The Labute approximate surface area is 159 Å². The van der Waals surface area contributed by atoms with Gasteiger partial charge in [0.2, 0.25) is 5.88 Å². The van der Waals surface area contributed by atoms with Crippen LogP contribution in [0.5, 0.6) is 5.88 Å². The van der Waals surface area contributed by atoms with E-state index in [1.165, 1.54) is 37.2 Å². The quantitative estimate of drug-likeness (QED) is 0.620. The summed E-state index contributed by atoms with van der Waals surface area (Å²) < 4.78 is 63.0. The summed E-state index contributed by atoms with van der Waals surface area (Å²) in [5, 5.41) is 0. The van der Waals surface area contributed by atoms with Crippen LogP contribution < -0.4 is 4.74 Å². The molecule has 0 N–H and O–H groups in total. The molecule has 2 heterocycles. The van der Waals surface area contributed by atoms with Crippen molar-refractivity contribution in [3.8, 4) is 5.88 Å². The zero-order chi connectivity index (χ0) is 19.7.